The fourth-order valence-corrected chi connectivity index (χ4v) is 4.59. The number of anilines is 1. The van der Waals surface area contributed by atoms with Crippen LogP contribution < -0.4 is 15.4 Å². The van der Waals surface area contributed by atoms with Gasteiger partial charge in [-0.2, -0.15) is 11.8 Å². The smallest absolute Gasteiger partial charge is 0.408 e. The highest BCUT2D eigenvalue weighted by molar-refractivity contribution is 7.98. The Kier molecular flexibility index (Phi) is 12.2. The fraction of sp³-hybridized carbons (Fsp3) is 0.500. The van der Waals surface area contributed by atoms with Gasteiger partial charge in [-0.05, 0) is 89.3 Å². The van der Waals surface area contributed by atoms with Gasteiger partial charge >= 0.3 is 6.09 Å². The van der Waals surface area contributed by atoms with Gasteiger partial charge in [-0.1, -0.05) is 25.1 Å². The summed E-state index contributed by atoms with van der Waals surface area (Å²) in [5.74, 6) is 0.218. The molecule has 0 spiro atoms. The highest BCUT2D eigenvalue weighted by Gasteiger charge is 2.39. The van der Waals surface area contributed by atoms with E-state index >= 15 is 0 Å². The highest BCUT2D eigenvalue weighted by atomic mass is 32.2. The van der Waals surface area contributed by atoms with Crippen molar-refractivity contribution < 1.29 is 29.0 Å². The molecule has 3 atom stereocenters. The molecule has 2 aromatic rings. The molecule has 0 saturated heterocycles. The molecule has 3 N–H and O–H groups in total. The maximum atomic E-state index is 14.3. The molecule has 0 aliphatic carbocycles. The van der Waals surface area contributed by atoms with E-state index in [0.717, 1.165) is 0 Å². The lowest BCUT2D eigenvalue weighted by Gasteiger charge is -2.38. The SMILES string of the molecule is CCC(C)N(C(=O)C(CCSC)NC(=O)OC(C)(C)C)C(C(=O)Nc1ccc(OC)cc1)c1cccc(C)c1O. The number of amides is 3. The number of nitrogens with one attached hydrogen (secondary N) is 2. The lowest BCUT2D eigenvalue weighted by molar-refractivity contribution is -0.143. The van der Waals surface area contributed by atoms with Gasteiger partial charge in [-0.3, -0.25) is 9.59 Å². The van der Waals surface area contributed by atoms with Crippen molar-refractivity contribution in [1.82, 2.24) is 10.2 Å². The zero-order valence-electron chi connectivity index (χ0n) is 24.7. The number of rotatable bonds is 12. The quantitative estimate of drug-likeness (QED) is 0.300. The summed E-state index contributed by atoms with van der Waals surface area (Å²) in [7, 11) is 1.55. The second kappa shape index (κ2) is 14.8. The van der Waals surface area contributed by atoms with Gasteiger partial charge in [0.1, 0.15) is 29.2 Å². The average Bonchev–Trinajstić information content (AvgIpc) is 2.90. The Morgan fingerprint density at radius 2 is 1.75 bits per heavy atom. The Morgan fingerprint density at radius 1 is 1.10 bits per heavy atom. The number of benzene rings is 2. The standard InChI is InChI=1S/C30H43N3O6S/c1-9-20(3)33(28(36)24(17-18-40-8)32-29(37)39-30(4,5)6)25(23-12-10-11-19(2)26(23)34)27(35)31-21-13-15-22(38-7)16-14-21/h10-16,20,24-25,34H,9,17-18H2,1-8H3,(H,31,35)(H,32,37). The van der Waals surface area contributed by atoms with Gasteiger partial charge < -0.3 is 30.1 Å². The first kappa shape index (κ1) is 32.8. The van der Waals surface area contributed by atoms with E-state index in [1.807, 2.05) is 20.1 Å². The van der Waals surface area contributed by atoms with E-state index in [0.29, 0.717) is 41.2 Å². The molecule has 0 fully saturated rings. The first-order valence-electron chi connectivity index (χ1n) is 13.4. The number of phenols is 1. The predicted octanol–water partition coefficient (Wildman–Crippen LogP) is 5.66. The second-order valence-electron chi connectivity index (χ2n) is 10.6. The van der Waals surface area contributed by atoms with Gasteiger partial charge in [0.15, 0.2) is 0 Å². The minimum atomic E-state index is -1.18. The number of ether oxygens (including phenoxy) is 2. The largest absolute Gasteiger partial charge is 0.507 e. The lowest BCUT2D eigenvalue weighted by atomic mass is 9.97. The van der Waals surface area contributed by atoms with Crippen LogP contribution in [0.4, 0.5) is 10.5 Å². The normalized spacial score (nSPS) is 13.5. The third-order valence-corrected chi connectivity index (χ3v) is 7.01. The molecule has 220 valence electrons. The Bertz CT molecular complexity index is 1150. The summed E-state index contributed by atoms with van der Waals surface area (Å²) in [5, 5.41) is 16.7. The molecular formula is C30H43N3O6S. The molecule has 0 radical (unpaired) electrons. The number of aromatic hydroxyl groups is 1. The highest BCUT2D eigenvalue weighted by Crippen LogP contribution is 2.35. The Labute approximate surface area is 242 Å². The van der Waals surface area contributed by atoms with Crippen molar-refractivity contribution in [3.63, 3.8) is 0 Å². The number of para-hydroxylation sites is 1. The molecular weight excluding hydrogens is 530 g/mol. The molecule has 10 heteroatoms. The zero-order valence-corrected chi connectivity index (χ0v) is 25.6. The van der Waals surface area contributed by atoms with E-state index in [2.05, 4.69) is 10.6 Å². The number of alkyl carbamates (subject to hydrolysis) is 1. The summed E-state index contributed by atoms with van der Waals surface area (Å²) in [5.41, 5.74) is 0.620. The van der Waals surface area contributed by atoms with E-state index in [-0.39, 0.29) is 5.75 Å². The van der Waals surface area contributed by atoms with E-state index in [1.54, 1.807) is 89.0 Å². The van der Waals surface area contributed by atoms with Crippen molar-refractivity contribution >= 4 is 35.4 Å². The average molecular weight is 574 g/mol. The van der Waals surface area contributed by atoms with Gasteiger partial charge in [0.05, 0.1) is 7.11 Å². The van der Waals surface area contributed by atoms with Crippen LogP contribution in [-0.2, 0) is 14.3 Å². The number of carbonyl (C=O) groups is 3. The number of carbonyl (C=O) groups excluding carboxylic acids is 3. The van der Waals surface area contributed by atoms with Crippen LogP contribution in [-0.4, -0.2) is 64.7 Å². The van der Waals surface area contributed by atoms with Crippen LogP contribution in [0.2, 0.25) is 0 Å². The number of hydrogen-bond donors (Lipinski definition) is 3. The monoisotopic (exact) mass is 573 g/mol. The van der Waals surface area contributed by atoms with Crippen molar-refractivity contribution in [2.24, 2.45) is 0 Å². The van der Waals surface area contributed by atoms with E-state index in [9.17, 15) is 19.5 Å². The molecule has 40 heavy (non-hydrogen) atoms. The molecule has 3 amide bonds. The molecule has 0 aromatic heterocycles. The molecule has 9 nitrogen and oxygen atoms in total. The maximum absolute atomic E-state index is 14.3. The molecule has 0 heterocycles. The fourth-order valence-electron chi connectivity index (χ4n) is 4.12. The number of nitrogens with zero attached hydrogens (tertiary/aromatic N) is 1. The lowest BCUT2D eigenvalue weighted by Crippen LogP contribution is -2.55. The molecule has 3 unspecified atom stereocenters. The Hall–Kier alpha value is -3.40. The van der Waals surface area contributed by atoms with Crippen molar-refractivity contribution in [1.29, 1.82) is 0 Å². The molecule has 2 aromatic carbocycles. The number of methoxy groups -OCH3 is 1. The van der Waals surface area contributed by atoms with Crippen molar-refractivity contribution in [2.45, 2.75) is 78.1 Å². The number of phenolic OH excluding ortho intramolecular Hbond substituents is 1. The van der Waals surface area contributed by atoms with E-state index in [1.165, 1.54) is 4.90 Å². The zero-order chi connectivity index (χ0) is 30.0. The van der Waals surface area contributed by atoms with Crippen LogP contribution in [0.3, 0.4) is 0 Å². The van der Waals surface area contributed by atoms with Crippen LogP contribution in [0.25, 0.3) is 0 Å². The Balaban J connectivity index is 2.59. The summed E-state index contributed by atoms with van der Waals surface area (Å²) in [6, 6.07) is 9.42. The minimum Gasteiger partial charge on any atom is -0.507 e. The molecule has 0 bridgehead atoms. The first-order chi connectivity index (χ1) is 18.8. The summed E-state index contributed by atoms with van der Waals surface area (Å²) in [4.78, 5) is 42.4. The van der Waals surface area contributed by atoms with Gasteiger partial charge in [0.2, 0.25) is 5.91 Å². The number of aryl methyl sites for hydroxylation is 1. The van der Waals surface area contributed by atoms with Crippen LogP contribution in [0, 0.1) is 6.92 Å². The van der Waals surface area contributed by atoms with Gasteiger partial charge in [0, 0.05) is 17.3 Å². The third-order valence-electron chi connectivity index (χ3n) is 6.37. The van der Waals surface area contributed by atoms with E-state index < -0.39 is 41.6 Å². The molecule has 2 rings (SSSR count). The summed E-state index contributed by atoms with van der Waals surface area (Å²) >= 11 is 1.54. The predicted molar refractivity (Wildman–Crippen MR) is 160 cm³/mol. The maximum Gasteiger partial charge on any atom is 0.408 e. The van der Waals surface area contributed by atoms with Crippen LogP contribution in [0.1, 0.15) is 64.6 Å². The van der Waals surface area contributed by atoms with Crippen molar-refractivity contribution in [3.05, 3.63) is 53.6 Å². The topological polar surface area (TPSA) is 117 Å². The summed E-state index contributed by atoms with van der Waals surface area (Å²) in [6.45, 7) is 10.7. The Morgan fingerprint density at radius 3 is 2.30 bits per heavy atom. The second-order valence-corrected chi connectivity index (χ2v) is 11.6. The molecule has 0 aliphatic rings. The third kappa shape index (κ3) is 9.08. The molecule has 0 aliphatic heterocycles. The number of thioether (sulfide) groups is 1. The first-order valence-corrected chi connectivity index (χ1v) is 14.8. The van der Waals surface area contributed by atoms with Crippen LogP contribution >= 0.6 is 11.8 Å². The van der Waals surface area contributed by atoms with Crippen LogP contribution in [0.15, 0.2) is 42.5 Å². The minimum absolute atomic E-state index is 0.0701. The van der Waals surface area contributed by atoms with Crippen molar-refractivity contribution in [2.75, 3.05) is 24.4 Å². The van der Waals surface area contributed by atoms with Gasteiger partial charge in [0.25, 0.3) is 5.91 Å². The number of hydrogen-bond acceptors (Lipinski definition) is 7. The van der Waals surface area contributed by atoms with Gasteiger partial charge in [-0.25, -0.2) is 4.79 Å². The molecule has 0 saturated carbocycles. The van der Waals surface area contributed by atoms with Crippen LogP contribution in [0.5, 0.6) is 11.5 Å². The summed E-state index contributed by atoms with van der Waals surface area (Å²) < 4.78 is 10.6. The van der Waals surface area contributed by atoms with Gasteiger partial charge in [-0.15, -0.1) is 0 Å². The van der Waals surface area contributed by atoms with Crippen molar-refractivity contribution in [3.8, 4) is 11.5 Å². The summed E-state index contributed by atoms with van der Waals surface area (Å²) in [6.07, 6.45) is 2.07. The van der Waals surface area contributed by atoms with E-state index in [4.69, 9.17) is 9.47 Å².